The van der Waals surface area contributed by atoms with Gasteiger partial charge in [0.1, 0.15) is 6.61 Å². The molecule has 0 amide bonds. The molecule has 1 aromatic heterocycles. The smallest absolute Gasteiger partial charge is 0.367 e. The number of aromatic nitrogens is 1. The Kier molecular flexibility index (Phi) is 3.31. The van der Waals surface area contributed by atoms with Gasteiger partial charge in [-0.2, -0.15) is 0 Å². The molecule has 0 unspecified atom stereocenters. The molecule has 0 bridgehead atoms. The molecule has 3 nitrogen and oxygen atoms in total. The summed E-state index contributed by atoms with van der Waals surface area (Å²) in [5.74, 6) is -0.359. The van der Waals surface area contributed by atoms with Crippen molar-refractivity contribution in [1.82, 2.24) is 4.98 Å². The molecule has 0 fully saturated rings. The highest BCUT2D eigenvalue weighted by molar-refractivity contribution is 7.11. The Morgan fingerprint density at radius 2 is 2.12 bits per heavy atom. The van der Waals surface area contributed by atoms with Crippen LogP contribution in [0.5, 0.6) is 0 Å². The zero-order valence-electron chi connectivity index (χ0n) is 8.84. The fourth-order valence-electron chi connectivity index (χ4n) is 1.23. The zero-order valence-corrected chi connectivity index (χ0v) is 9.66. The van der Waals surface area contributed by atoms with Gasteiger partial charge in [0, 0.05) is 11.1 Å². The summed E-state index contributed by atoms with van der Waals surface area (Å²) in [5.41, 5.74) is 1.82. The Labute approximate surface area is 97.7 Å². The van der Waals surface area contributed by atoms with Gasteiger partial charge in [-0.15, -0.1) is 11.3 Å². The molecule has 0 spiro atoms. The number of thiazole rings is 1. The molecule has 0 radical (unpaired) electrons. The minimum atomic E-state index is -0.359. The molecule has 2 rings (SSSR count). The minimum absolute atomic E-state index is 0.290. The molecule has 0 N–H and O–H groups in total. The molecule has 4 heteroatoms. The van der Waals surface area contributed by atoms with Gasteiger partial charge in [0.25, 0.3) is 0 Å². The molecule has 0 aliphatic carbocycles. The van der Waals surface area contributed by atoms with E-state index in [1.165, 1.54) is 11.3 Å². The standard InChI is InChI=1S/C12H11NO2S/c1-9-8-16-11(13-9)12(14)15-7-10-5-3-2-4-6-10/h2-6,8H,7H2,1H3. The third-order valence-electron chi connectivity index (χ3n) is 2.01. The van der Waals surface area contributed by atoms with Crippen LogP contribution in [0.3, 0.4) is 0 Å². The molecule has 0 saturated heterocycles. The number of benzene rings is 1. The van der Waals surface area contributed by atoms with E-state index in [0.29, 0.717) is 5.01 Å². The summed E-state index contributed by atoms with van der Waals surface area (Å²) >= 11 is 1.31. The van der Waals surface area contributed by atoms with Crippen molar-refractivity contribution in [2.24, 2.45) is 0 Å². The van der Waals surface area contributed by atoms with Crippen LogP contribution in [0, 0.1) is 6.92 Å². The maximum atomic E-state index is 11.6. The van der Waals surface area contributed by atoms with Crippen LogP contribution < -0.4 is 0 Å². The fourth-order valence-corrected chi connectivity index (χ4v) is 1.92. The highest BCUT2D eigenvalue weighted by atomic mass is 32.1. The van der Waals surface area contributed by atoms with Gasteiger partial charge in [0.15, 0.2) is 0 Å². The van der Waals surface area contributed by atoms with E-state index in [2.05, 4.69) is 4.98 Å². The van der Waals surface area contributed by atoms with Gasteiger partial charge in [0.2, 0.25) is 5.01 Å². The predicted molar refractivity (Wildman–Crippen MR) is 62.4 cm³/mol. The summed E-state index contributed by atoms with van der Waals surface area (Å²) in [6.45, 7) is 2.14. The molecule has 0 aliphatic heterocycles. The van der Waals surface area contributed by atoms with Gasteiger partial charge in [-0.25, -0.2) is 9.78 Å². The van der Waals surface area contributed by atoms with E-state index >= 15 is 0 Å². The summed E-state index contributed by atoms with van der Waals surface area (Å²) in [7, 11) is 0. The van der Waals surface area contributed by atoms with Crippen LogP contribution >= 0.6 is 11.3 Å². The van der Waals surface area contributed by atoms with E-state index in [-0.39, 0.29) is 12.6 Å². The number of carbonyl (C=O) groups is 1. The van der Waals surface area contributed by atoms with E-state index in [1.54, 1.807) is 0 Å². The van der Waals surface area contributed by atoms with E-state index in [1.807, 2.05) is 42.6 Å². The van der Waals surface area contributed by atoms with Crippen molar-refractivity contribution in [3.63, 3.8) is 0 Å². The molecule has 16 heavy (non-hydrogen) atoms. The van der Waals surface area contributed by atoms with Gasteiger partial charge in [-0.3, -0.25) is 0 Å². The molecule has 1 heterocycles. The Morgan fingerprint density at radius 3 is 2.75 bits per heavy atom. The van der Waals surface area contributed by atoms with Crippen molar-refractivity contribution in [2.45, 2.75) is 13.5 Å². The first-order valence-electron chi connectivity index (χ1n) is 4.89. The third-order valence-corrected chi connectivity index (χ3v) is 2.95. The lowest BCUT2D eigenvalue weighted by Crippen LogP contribution is -2.04. The quantitative estimate of drug-likeness (QED) is 0.765. The summed E-state index contributed by atoms with van der Waals surface area (Å²) in [4.78, 5) is 15.6. The average molecular weight is 233 g/mol. The van der Waals surface area contributed by atoms with Crippen LogP contribution in [0.15, 0.2) is 35.7 Å². The normalized spacial score (nSPS) is 10.1. The SMILES string of the molecule is Cc1csc(C(=O)OCc2ccccc2)n1. The molecule has 82 valence electrons. The van der Waals surface area contributed by atoms with E-state index < -0.39 is 0 Å². The third kappa shape index (κ3) is 2.67. The van der Waals surface area contributed by atoms with Gasteiger partial charge >= 0.3 is 5.97 Å². The van der Waals surface area contributed by atoms with Crippen LogP contribution in [0.25, 0.3) is 0 Å². The Morgan fingerprint density at radius 1 is 1.38 bits per heavy atom. The van der Waals surface area contributed by atoms with Gasteiger partial charge in [-0.05, 0) is 12.5 Å². The van der Waals surface area contributed by atoms with Gasteiger partial charge in [0.05, 0.1) is 0 Å². The fraction of sp³-hybridized carbons (Fsp3) is 0.167. The number of aryl methyl sites for hydroxylation is 1. The number of carbonyl (C=O) groups excluding carboxylic acids is 1. The van der Waals surface area contributed by atoms with Gasteiger partial charge < -0.3 is 4.74 Å². The van der Waals surface area contributed by atoms with E-state index in [4.69, 9.17) is 4.74 Å². The number of nitrogens with zero attached hydrogens (tertiary/aromatic N) is 1. The van der Waals surface area contributed by atoms with E-state index in [9.17, 15) is 4.79 Å². The lowest BCUT2D eigenvalue weighted by atomic mass is 10.2. The summed E-state index contributed by atoms with van der Waals surface area (Å²) in [6, 6.07) is 9.59. The maximum Gasteiger partial charge on any atom is 0.367 e. The Bertz CT molecular complexity index is 479. The molecule has 2 aromatic rings. The van der Waals surface area contributed by atoms with Crippen molar-refractivity contribution in [2.75, 3.05) is 0 Å². The lowest BCUT2D eigenvalue weighted by Gasteiger charge is -2.01. The monoisotopic (exact) mass is 233 g/mol. The molecule has 0 atom stereocenters. The number of hydrogen-bond acceptors (Lipinski definition) is 4. The van der Waals surface area contributed by atoms with Crippen molar-refractivity contribution in [1.29, 1.82) is 0 Å². The first-order chi connectivity index (χ1) is 7.75. The van der Waals surface area contributed by atoms with E-state index in [0.717, 1.165) is 11.3 Å². The second-order valence-electron chi connectivity index (χ2n) is 3.36. The topological polar surface area (TPSA) is 39.2 Å². The maximum absolute atomic E-state index is 11.6. The predicted octanol–water partition coefficient (Wildman–Crippen LogP) is 2.81. The second kappa shape index (κ2) is 4.90. The Balaban J connectivity index is 1.94. The number of rotatable bonds is 3. The van der Waals surface area contributed by atoms with Crippen LogP contribution in [0.1, 0.15) is 21.1 Å². The number of hydrogen-bond donors (Lipinski definition) is 0. The lowest BCUT2D eigenvalue weighted by molar-refractivity contribution is 0.0472. The first kappa shape index (κ1) is 10.8. The molecule has 1 aromatic carbocycles. The molecular formula is C12H11NO2S. The molecule has 0 saturated carbocycles. The molecule has 0 aliphatic rings. The van der Waals surface area contributed by atoms with Crippen molar-refractivity contribution in [3.8, 4) is 0 Å². The molecular weight excluding hydrogens is 222 g/mol. The number of ether oxygens (including phenoxy) is 1. The number of esters is 1. The summed E-state index contributed by atoms with van der Waals surface area (Å²) < 4.78 is 5.14. The highest BCUT2D eigenvalue weighted by Gasteiger charge is 2.11. The largest absolute Gasteiger partial charge is 0.455 e. The highest BCUT2D eigenvalue weighted by Crippen LogP contribution is 2.11. The van der Waals surface area contributed by atoms with Crippen LogP contribution in [-0.2, 0) is 11.3 Å². The van der Waals surface area contributed by atoms with Crippen LogP contribution in [0.2, 0.25) is 0 Å². The summed E-state index contributed by atoms with van der Waals surface area (Å²) in [6.07, 6.45) is 0. The first-order valence-corrected chi connectivity index (χ1v) is 5.77. The second-order valence-corrected chi connectivity index (χ2v) is 4.21. The Hall–Kier alpha value is -1.68. The minimum Gasteiger partial charge on any atom is -0.455 e. The van der Waals surface area contributed by atoms with Crippen molar-refractivity contribution >= 4 is 17.3 Å². The van der Waals surface area contributed by atoms with Gasteiger partial charge in [-0.1, -0.05) is 30.3 Å². The van der Waals surface area contributed by atoms with Crippen molar-refractivity contribution < 1.29 is 9.53 Å². The van der Waals surface area contributed by atoms with Crippen LogP contribution in [-0.4, -0.2) is 11.0 Å². The van der Waals surface area contributed by atoms with Crippen molar-refractivity contribution in [3.05, 3.63) is 52.0 Å². The van der Waals surface area contributed by atoms with Crippen LogP contribution in [0.4, 0.5) is 0 Å². The summed E-state index contributed by atoms with van der Waals surface area (Å²) in [5, 5.41) is 2.24. The average Bonchev–Trinajstić information content (AvgIpc) is 2.74. The zero-order chi connectivity index (χ0) is 11.4.